The molecule has 2 aromatic rings. The van der Waals surface area contributed by atoms with E-state index in [4.69, 9.17) is 11.6 Å². The number of carbonyl (C=O) groups is 1. The lowest BCUT2D eigenvalue weighted by Crippen LogP contribution is -2.27. The van der Waals surface area contributed by atoms with Crippen LogP contribution in [0.2, 0.25) is 5.02 Å². The van der Waals surface area contributed by atoms with E-state index in [9.17, 15) is 4.79 Å². The fraction of sp³-hybridized carbons (Fsp3) is 0.385. The zero-order valence-electron chi connectivity index (χ0n) is 10.8. The predicted molar refractivity (Wildman–Crippen MR) is 74.4 cm³/mol. The maximum Gasteiger partial charge on any atom is 0.267 e. The highest BCUT2D eigenvalue weighted by atomic mass is 35.5. The van der Waals surface area contributed by atoms with Crippen LogP contribution in [0.3, 0.4) is 0 Å². The maximum absolute atomic E-state index is 12.1. The molecule has 0 spiro atoms. The van der Waals surface area contributed by atoms with Gasteiger partial charge in [-0.05, 0) is 12.5 Å². The van der Waals surface area contributed by atoms with Crippen molar-refractivity contribution in [3.63, 3.8) is 0 Å². The van der Waals surface area contributed by atoms with Gasteiger partial charge in [0.1, 0.15) is 5.69 Å². The number of aromatic amines is 1. The van der Waals surface area contributed by atoms with Crippen molar-refractivity contribution in [1.82, 2.24) is 19.9 Å². The smallest absolute Gasteiger partial charge is 0.267 e. The summed E-state index contributed by atoms with van der Waals surface area (Å²) in [5.74, 6) is -0.0973. The molecule has 0 saturated carbocycles. The molecular weight excluding hydrogens is 264 g/mol. The van der Waals surface area contributed by atoms with Crippen LogP contribution in [0.1, 0.15) is 29.5 Å². The highest BCUT2D eigenvalue weighted by molar-refractivity contribution is 6.31. The van der Waals surface area contributed by atoms with Gasteiger partial charge in [-0.3, -0.25) is 4.79 Å². The molecular formula is C13H17ClN4O. The van der Waals surface area contributed by atoms with E-state index in [1.54, 1.807) is 24.8 Å². The fourth-order valence-corrected chi connectivity index (χ4v) is 2.13. The van der Waals surface area contributed by atoms with E-state index in [1.165, 1.54) is 0 Å². The lowest BCUT2D eigenvalue weighted by Gasteiger charge is -2.08. The third-order valence-corrected chi connectivity index (χ3v) is 3.00. The number of nitrogens with one attached hydrogen (secondary N) is 2. The lowest BCUT2D eigenvalue weighted by molar-refractivity contribution is 0.0944. The summed E-state index contributed by atoms with van der Waals surface area (Å²) in [5.41, 5.74) is 1.61. The van der Waals surface area contributed by atoms with Crippen molar-refractivity contribution in [2.75, 3.05) is 6.54 Å². The number of amides is 1. The molecule has 2 rings (SSSR count). The molecule has 1 amide bonds. The Morgan fingerprint density at radius 1 is 1.58 bits per heavy atom. The highest BCUT2D eigenvalue weighted by Crippen LogP contribution is 2.14. The fourth-order valence-electron chi connectivity index (χ4n) is 1.91. The van der Waals surface area contributed by atoms with Gasteiger partial charge in [-0.1, -0.05) is 18.5 Å². The predicted octanol–water partition coefficient (Wildman–Crippen LogP) is 2.25. The van der Waals surface area contributed by atoms with Gasteiger partial charge in [0, 0.05) is 37.6 Å². The molecule has 6 heteroatoms. The first-order chi connectivity index (χ1) is 9.20. The van der Waals surface area contributed by atoms with Crippen LogP contribution < -0.4 is 5.32 Å². The minimum atomic E-state index is -0.0973. The Hall–Kier alpha value is -1.75. The topological polar surface area (TPSA) is 62.7 Å². The van der Waals surface area contributed by atoms with Crippen LogP contribution in [-0.2, 0) is 13.0 Å². The number of hydrogen-bond acceptors (Lipinski definition) is 2. The van der Waals surface area contributed by atoms with Gasteiger partial charge in [-0.25, -0.2) is 4.98 Å². The monoisotopic (exact) mass is 280 g/mol. The molecule has 0 aromatic carbocycles. The minimum Gasteiger partial charge on any atom is -0.350 e. The average molecular weight is 281 g/mol. The molecule has 5 nitrogen and oxygen atoms in total. The summed E-state index contributed by atoms with van der Waals surface area (Å²) in [7, 11) is 0. The molecule has 0 aliphatic rings. The summed E-state index contributed by atoms with van der Waals surface area (Å²) in [6, 6.07) is 1.70. The normalized spacial score (nSPS) is 10.6. The van der Waals surface area contributed by atoms with Crippen LogP contribution in [0.4, 0.5) is 0 Å². The summed E-state index contributed by atoms with van der Waals surface area (Å²) in [6.45, 7) is 3.42. The van der Waals surface area contributed by atoms with E-state index in [0.29, 0.717) is 17.3 Å². The number of carbonyl (C=O) groups excluding carboxylic acids is 1. The number of nitrogens with zero attached hydrogens (tertiary/aromatic N) is 2. The van der Waals surface area contributed by atoms with E-state index in [1.807, 2.05) is 4.57 Å². The summed E-state index contributed by atoms with van der Waals surface area (Å²) < 4.78 is 1.88. The standard InChI is InChI=1S/C13H17ClN4O/c1-2-5-18-8-10(14)6-12(18)13(19)16-4-3-11-7-15-9-17-11/h6-9H,2-5H2,1H3,(H,15,17)(H,16,19). The van der Waals surface area contributed by atoms with Gasteiger partial charge < -0.3 is 14.9 Å². The zero-order valence-corrected chi connectivity index (χ0v) is 11.6. The van der Waals surface area contributed by atoms with Crippen molar-refractivity contribution < 1.29 is 4.79 Å². The molecule has 19 heavy (non-hydrogen) atoms. The Morgan fingerprint density at radius 2 is 2.42 bits per heavy atom. The van der Waals surface area contributed by atoms with E-state index in [-0.39, 0.29) is 5.91 Å². The van der Waals surface area contributed by atoms with Gasteiger partial charge in [0.2, 0.25) is 0 Å². The average Bonchev–Trinajstić information content (AvgIpc) is 2.99. The van der Waals surface area contributed by atoms with E-state index >= 15 is 0 Å². The lowest BCUT2D eigenvalue weighted by atomic mass is 10.3. The Bertz CT molecular complexity index is 533. The van der Waals surface area contributed by atoms with Gasteiger partial charge in [-0.2, -0.15) is 0 Å². The van der Waals surface area contributed by atoms with Crippen LogP contribution in [0.5, 0.6) is 0 Å². The first-order valence-electron chi connectivity index (χ1n) is 6.32. The second-order valence-corrected chi connectivity index (χ2v) is 4.76. The van der Waals surface area contributed by atoms with Crippen molar-refractivity contribution in [2.24, 2.45) is 0 Å². The van der Waals surface area contributed by atoms with Crippen LogP contribution in [0.15, 0.2) is 24.8 Å². The van der Waals surface area contributed by atoms with E-state index < -0.39 is 0 Å². The number of aryl methyl sites for hydroxylation is 1. The van der Waals surface area contributed by atoms with Crippen LogP contribution >= 0.6 is 11.6 Å². The molecule has 2 N–H and O–H groups in total. The molecule has 0 bridgehead atoms. The number of aromatic nitrogens is 3. The number of H-pyrrole nitrogens is 1. The third-order valence-electron chi connectivity index (χ3n) is 2.80. The first kappa shape index (κ1) is 13.7. The number of rotatable bonds is 6. The van der Waals surface area contributed by atoms with Crippen LogP contribution in [0.25, 0.3) is 0 Å². The summed E-state index contributed by atoms with van der Waals surface area (Å²) in [5, 5.41) is 3.47. The largest absolute Gasteiger partial charge is 0.350 e. The van der Waals surface area contributed by atoms with Crippen LogP contribution in [0, 0.1) is 0 Å². The van der Waals surface area contributed by atoms with Crippen LogP contribution in [-0.4, -0.2) is 27.0 Å². The number of hydrogen-bond donors (Lipinski definition) is 2. The van der Waals surface area contributed by atoms with Crippen molar-refractivity contribution in [2.45, 2.75) is 26.3 Å². The van der Waals surface area contributed by atoms with E-state index in [0.717, 1.165) is 25.1 Å². The van der Waals surface area contributed by atoms with Crippen molar-refractivity contribution in [1.29, 1.82) is 0 Å². The van der Waals surface area contributed by atoms with Crippen molar-refractivity contribution in [3.05, 3.63) is 41.2 Å². The molecule has 0 unspecified atom stereocenters. The Labute approximate surface area is 117 Å². The van der Waals surface area contributed by atoms with Gasteiger partial charge >= 0.3 is 0 Å². The number of imidazole rings is 1. The Kier molecular flexibility index (Phi) is 4.63. The second-order valence-electron chi connectivity index (χ2n) is 4.32. The Morgan fingerprint density at radius 3 is 3.11 bits per heavy atom. The molecule has 2 heterocycles. The van der Waals surface area contributed by atoms with Gasteiger partial charge in [0.25, 0.3) is 5.91 Å². The summed E-state index contributed by atoms with van der Waals surface area (Å²) in [4.78, 5) is 19.0. The van der Waals surface area contributed by atoms with Gasteiger partial charge in [0.05, 0.1) is 11.3 Å². The Balaban J connectivity index is 1.92. The molecule has 0 fully saturated rings. The summed E-state index contributed by atoms with van der Waals surface area (Å²) >= 11 is 5.95. The molecule has 0 saturated heterocycles. The molecule has 2 aromatic heterocycles. The second kappa shape index (κ2) is 6.43. The van der Waals surface area contributed by atoms with Gasteiger partial charge in [0.15, 0.2) is 0 Å². The zero-order chi connectivity index (χ0) is 13.7. The minimum absolute atomic E-state index is 0.0973. The quantitative estimate of drug-likeness (QED) is 0.852. The molecule has 0 aliphatic carbocycles. The maximum atomic E-state index is 12.1. The molecule has 102 valence electrons. The first-order valence-corrected chi connectivity index (χ1v) is 6.69. The van der Waals surface area contributed by atoms with Crippen molar-refractivity contribution >= 4 is 17.5 Å². The highest BCUT2D eigenvalue weighted by Gasteiger charge is 2.12. The molecule has 0 radical (unpaired) electrons. The van der Waals surface area contributed by atoms with Gasteiger partial charge in [-0.15, -0.1) is 0 Å². The molecule has 0 aliphatic heterocycles. The SMILES string of the molecule is CCCn1cc(Cl)cc1C(=O)NCCc1cnc[nH]1. The summed E-state index contributed by atoms with van der Waals surface area (Å²) in [6.07, 6.45) is 6.86. The number of halogens is 1. The van der Waals surface area contributed by atoms with Crippen molar-refractivity contribution in [3.8, 4) is 0 Å². The molecule has 0 atom stereocenters. The third kappa shape index (κ3) is 3.61. The van der Waals surface area contributed by atoms with E-state index in [2.05, 4.69) is 22.2 Å².